The molecule has 24 heavy (non-hydrogen) atoms. The van der Waals surface area contributed by atoms with E-state index < -0.39 is 0 Å². The van der Waals surface area contributed by atoms with Crippen molar-refractivity contribution < 1.29 is 0 Å². The van der Waals surface area contributed by atoms with Gasteiger partial charge in [0.1, 0.15) is 0 Å². The molecular formula is C19H21N5. The van der Waals surface area contributed by atoms with Gasteiger partial charge in [-0.2, -0.15) is 0 Å². The topological polar surface area (TPSA) is 47.7 Å². The van der Waals surface area contributed by atoms with Gasteiger partial charge in [-0.1, -0.05) is 37.6 Å². The van der Waals surface area contributed by atoms with Crippen molar-refractivity contribution in [3.8, 4) is 0 Å². The highest BCUT2D eigenvalue weighted by atomic mass is 15.3. The van der Waals surface area contributed by atoms with Crippen LogP contribution in [0.1, 0.15) is 19.8 Å². The molecule has 4 aromatic rings. The van der Waals surface area contributed by atoms with Crippen LogP contribution in [0.15, 0.2) is 48.5 Å². The summed E-state index contributed by atoms with van der Waals surface area (Å²) in [4.78, 5) is 9.47. The number of fused-ring (bicyclic) bond motifs is 2. The van der Waals surface area contributed by atoms with Gasteiger partial charge in [-0.15, -0.1) is 0 Å². The van der Waals surface area contributed by atoms with Gasteiger partial charge in [0, 0.05) is 13.6 Å². The van der Waals surface area contributed by atoms with Crippen LogP contribution in [-0.2, 0) is 13.6 Å². The summed E-state index contributed by atoms with van der Waals surface area (Å²) in [5.74, 6) is 1.66. The Balaban J connectivity index is 1.79. The fourth-order valence-electron chi connectivity index (χ4n) is 3.07. The summed E-state index contributed by atoms with van der Waals surface area (Å²) < 4.78 is 4.32. The first-order valence-electron chi connectivity index (χ1n) is 8.41. The van der Waals surface area contributed by atoms with E-state index in [1.165, 1.54) is 0 Å². The normalized spacial score (nSPS) is 11.4. The average molecular weight is 319 g/mol. The highest BCUT2D eigenvalue weighted by Crippen LogP contribution is 2.25. The zero-order chi connectivity index (χ0) is 16.5. The summed E-state index contributed by atoms with van der Waals surface area (Å²) >= 11 is 0. The Kier molecular flexibility index (Phi) is 3.69. The number of nitrogens with zero attached hydrogens (tertiary/aromatic N) is 4. The van der Waals surface area contributed by atoms with E-state index in [0.717, 1.165) is 53.3 Å². The second kappa shape index (κ2) is 6.00. The van der Waals surface area contributed by atoms with Crippen molar-refractivity contribution in [2.24, 2.45) is 7.05 Å². The Bertz CT molecular complexity index is 996. The first kappa shape index (κ1) is 14.8. The first-order chi connectivity index (χ1) is 11.8. The number of hydrogen-bond acceptors (Lipinski definition) is 3. The number of nitrogens with one attached hydrogen (secondary N) is 1. The van der Waals surface area contributed by atoms with Crippen molar-refractivity contribution in [3.05, 3.63) is 48.5 Å². The molecule has 0 spiro atoms. The van der Waals surface area contributed by atoms with E-state index in [4.69, 9.17) is 9.97 Å². The molecule has 0 aliphatic heterocycles. The number of rotatable bonds is 5. The summed E-state index contributed by atoms with van der Waals surface area (Å²) in [6.07, 6.45) is 2.27. The van der Waals surface area contributed by atoms with E-state index in [1.807, 2.05) is 31.3 Å². The lowest BCUT2D eigenvalue weighted by Crippen LogP contribution is -2.07. The van der Waals surface area contributed by atoms with E-state index in [9.17, 15) is 0 Å². The largest absolute Gasteiger partial charge is 0.313 e. The van der Waals surface area contributed by atoms with Crippen molar-refractivity contribution in [2.75, 3.05) is 5.32 Å². The second-order valence-corrected chi connectivity index (χ2v) is 6.04. The molecule has 0 aliphatic rings. The number of imidazole rings is 2. The van der Waals surface area contributed by atoms with Crippen LogP contribution in [0.25, 0.3) is 22.1 Å². The molecule has 0 atom stereocenters. The maximum Gasteiger partial charge on any atom is 0.210 e. The number of para-hydroxylation sites is 4. The van der Waals surface area contributed by atoms with E-state index in [0.29, 0.717) is 0 Å². The molecule has 4 rings (SSSR count). The van der Waals surface area contributed by atoms with Gasteiger partial charge in [-0.05, 0) is 30.7 Å². The van der Waals surface area contributed by atoms with Gasteiger partial charge in [-0.3, -0.25) is 5.32 Å². The number of aromatic nitrogens is 4. The lowest BCUT2D eigenvalue weighted by Gasteiger charge is -2.10. The SMILES string of the molecule is CCCCn1c(Nc2nc3ccccc3n2C)nc2ccccc21. The molecular weight excluding hydrogens is 298 g/mol. The third-order valence-electron chi connectivity index (χ3n) is 4.40. The van der Waals surface area contributed by atoms with E-state index >= 15 is 0 Å². The molecule has 0 saturated heterocycles. The predicted molar refractivity (Wildman–Crippen MR) is 98.6 cm³/mol. The molecule has 0 aliphatic carbocycles. The molecule has 2 aromatic carbocycles. The van der Waals surface area contributed by atoms with Crippen LogP contribution in [0.5, 0.6) is 0 Å². The molecule has 1 N–H and O–H groups in total. The lowest BCUT2D eigenvalue weighted by molar-refractivity contribution is 0.651. The van der Waals surface area contributed by atoms with Crippen LogP contribution in [0, 0.1) is 0 Å². The highest BCUT2D eigenvalue weighted by molar-refractivity contribution is 5.81. The highest BCUT2D eigenvalue weighted by Gasteiger charge is 2.13. The Morgan fingerprint density at radius 2 is 1.50 bits per heavy atom. The Hall–Kier alpha value is -2.82. The zero-order valence-corrected chi connectivity index (χ0v) is 14.0. The Morgan fingerprint density at radius 3 is 2.21 bits per heavy atom. The zero-order valence-electron chi connectivity index (χ0n) is 14.0. The van der Waals surface area contributed by atoms with Crippen LogP contribution in [-0.4, -0.2) is 19.1 Å². The molecule has 2 heterocycles. The summed E-state index contributed by atoms with van der Waals surface area (Å²) in [6, 6.07) is 16.4. The molecule has 0 unspecified atom stereocenters. The van der Waals surface area contributed by atoms with Gasteiger partial charge < -0.3 is 9.13 Å². The van der Waals surface area contributed by atoms with Gasteiger partial charge in [-0.25, -0.2) is 9.97 Å². The fraction of sp³-hybridized carbons (Fsp3) is 0.263. The minimum Gasteiger partial charge on any atom is -0.313 e. The number of hydrogen-bond donors (Lipinski definition) is 1. The first-order valence-corrected chi connectivity index (χ1v) is 8.41. The van der Waals surface area contributed by atoms with Crippen LogP contribution >= 0.6 is 0 Å². The maximum absolute atomic E-state index is 4.77. The lowest BCUT2D eigenvalue weighted by atomic mass is 10.3. The number of benzene rings is 2. The molecule has 5 heteroatoms. The summed E-state index contributed by atoms with van der Waals surface area (Å²) in [5.41, 5.74) is 4.26. The predicted octanol–water partition coefficient (Wildman–Crippen LogP) is 4.47. The van der Waals surface area contributed by atoms with Crippen LogP contribution in [0.2, 0.25) is 0 Å². The van der Waals surface area contributed by atoms with Crippen LogP contribution in [0.4, 0.5) is 11.9 Å². The molecule has 0 saturated carbocycles. The Morgan fingerprint density at radius 1 is 0.875 bits per heavy atom. The fourth-order valence-corrected chi connectivity index (χ4v) is 3.07. The quantitative estimate of drug-likeness (QED) is 0.590. The van der Waals surface area contributed by atoms with E-state index in [2.05, 4.69) is 45.6 Å². The van der Waals surface area contributed by atoms with Crippen molar-refractivity contribution in [1.82, 2.24) is 19.1 Å². The van der Waals surface area contributed by atoms with Crippen LogP contribution in [0.3, 0.4) is 0 Å². The van der Waals surface area contributed by atoms with Gasteiger partial charge in [0.15, 0.2) is 0 Å². The number of unbranched alkanes of at least 4 members (excludes halogenated alkanes) is 1. The summed E-state index contributed by atoms with van der Waals surface area (Å²) in [7, 11) is 2.02. The van der Waals surface area contributed by atoms with Gasteiger partial charge in [0.2, 0.25) is 11.9 Å². The standard InChI is InChI=1S/C19H21N5/c1-3-4-13-24-17-12-8-6-10-15(17)21-19(24)22-18-20-14-9-5-7-11-16(14)23(18)2/h5-12H,3-4,13H2,1-2H3,(H,20,21,22). The van der Waals surface area contributed by atoms with Crippen molar-refractivity contribution in [1.29, 1.82) is 0 Å². The van der Waals surface area contributed by atoms with Crippen LogP contribution < -0.4 is 5.32 Å². The maximum atomic E-state index is 4.77. The average Bonchev–Trinajstić information content (AvgIpc) is 3.11. The molecule has 2 aromatic heterocycles. The minimum absolute atomic E-state index is 0.809. The van der Waals surface area contributed by atoms with Gasteiger partial charge in [0.25, 0.3) is 0 Å². The van der Waals surface area contributed by atoms with Crippen molar-refractivity contribution in [2.45, 2.75) is 26.3 Å². The van der Waals surface area contributed by atoms with Gasteiger partial charge >= 0.3 is 0 Å². The van der Waals surface area contributed by atoms with Gasteiger partial charge in [0.05, 0.1) is 22.1 Å². The second-order valence-electron chi connectivity index (χ2n) is 6.04. The molecule has 122 valence electrons. The minimum atomic E-state index is 0.809. The number of anilines is 2. The summed E-state index contributed by atoms with van der Waals surface area (Å²) in [6.45, 7) is 3.15. The summed E-state index contributed by atoms with van der Waals surface area (Å²) in [5, 5.41) is 3.43. The smallest absolute Gasteiger partial charge is 0.210 e. The molecule has 0 radical (unpaired) electrons. The third kappa shape index (κ3) is 2.42. The van der Waals surface area contributed by atoms with Crippen molar-refractivity contribution in [3.63, 3.8) is 0 Å². The molecule has 0 amide bonds. The number of aryl methyl sites for hydroxylation is 2. The van der Waals surface area contributed by atoms with Crippen molar-refractivity contribution >= 4 is 34.0 Å². The van der Waals surface area contributed by atoms with E-state index in [1.54, 1.807) is 0 Å². The van der Waals surface area contributed by atoms with E-state index in [-0.39, 0.29) is 0 Å². The molecule has 0 bridgehead atoms. The third-order valence-corrected chi connectivity index (χ3v) is 4.40. The molecule has 0 fully saturated rings. The monoisotopic (exact) mass is 319 g/mol. The Labute approximate surface area is 141 Å². The molecule has 5 nitrogen and oxygen atoms in total.